The molecule has 3 aromatic carbocycles. The zero-order chi connectivity index (χ0) is 24.9. The van der Waals surface area contributed by atoms with E-state index in [9.17, 15) is 4.79 Å². The zero-order valence-electron chi connectivity index (χ0n) is 20.6. The summed E-state index contributed by atoms with van der Waals surface area (Å²) < 4.78 is 7.57. The number of fused-ring (bicyclic) bond motifs is 1. The molecule has 0 bridgehead atoms. The molecule has 0 aliphatic rings. The molecule has 0 aliphatic carbocycles. The van der Waals surface area contributed by atoms with Crippen LogP contribution in [0.2, 0.25) is 0 Å². The van der Waals surface area contributed by atoms with Crippen molar-refractivity contribution >= 4 is 11.6 Å². The number of imidazole rings is 1. The van der Waals surface area contributed by atoms with Crippen LogP contribution < -0.4 is 10.1 Å². The van der Waals surface area contributed by atoms with Crippen LogP contribution in [0.25, 0.3) is 28.0 Å². The average molecular weight is 476 g/mol. The Kier molecular flexibility index (Phi) is 6.80. The number of amides is 1. The van der Waals surface area contributed by atoms with Gasteiger partial charge in [-0.2, -0.15) is 0 Å². The molecule has 180 valence electrons. The van der Waals surface area contributed by atoms with Gasteiger partial charge in [0.05, 0.1) is 18.5 Å². The summed E-state index contributed by atoms with van der Waals surface area (Å²) >= 11 is 0. The molecule has 36 heavy (non-hydrogen) atoms. The Labute approximate surface area is 211 Å². The van der Waals surface area contributed by atoms with Crippen LogP contribution >= 0.6 is 0 Å². The summed E-state index contributed by atoms with van der Waals surface area (Å²) in [4.78, 5) is 17.7. The minimum Gasteiger partial charge on any atom is -0.497 e. The number of hydrogen-bond acceptors (Lipinski definition) is 3. The van der Waals surface area contributed by atoms with Gasteiger partial charge in [0, 0.05) is 24.7 Å². The quantitative estimate of drug-likeness (QED) is 0.289. The molecule has 0 saturated heterocycles. The summed E-state index contributed by atoms with van der Waals surface area (Å²) in [7, 11) is 1.66. The highest BCUT2D eigenvalue weighted by Gasteiger charge is 2.17. The number of rotatable bonds is 8. The summed E-state index contributed by atoms with van der Waals surface area (Å²) in [6.45, 7) is 2.62. The summed E-state index contributed by atoms with van der Waals surface area (Å²) in [5, 5.41) is 3.04. The van der Waals surface area contributed by atoms with E-state index in [-0.39, 0.29) is 5.91 Å². The van der Waals surface area contributed by atoms with Gasteiger partial charge in [-0.25, -0.2) is 4.98 Å². The molecule has 0 fully saturated rings. The van der Waals surface area contributed by atoms with E-state index in [1.165, 1.54) is 5.56 Å². The van der Waals surface area contributed by atoms with Gasteiger partial charge in [0.15, 0.2) is 0 Å². The number of hydrogen-bond donors (Lipinski definition) is 1. The van der Waals surface area contributed by atoms with Crippen LogP contribution in [-0.2, 0) is 17.8 Å². The molecule has 0 saturated carbocycles. The van der Waals surface area contributed by atoms with Gasteiger partial charge in [0.2, 0.25) is 5.91 Å². The minimum atomic E-state index is 0.0141. The molecule has 0 unspecified atom stereocenters. The Morgan fingerprint density at radius 2 is 1.69 bits per heavy atom. The van der Waals surface area contributed by atoms with Crippen LogP contribution in [0.3, 0.4) is 0 Å². The number of pyridine rings is 1. The Hall–Kier alpha value is -4.38. The van der Waals surface area contributed by atoms with Gasteiger partial charge < -0.3 is 14.5 Å². The van der Waals surface area contributed by atoms with E-state index < -0.39 is 0 Å². The number of carbonyl (C=O) groups is 1. The molecule has 0 radical (unpaired) electrons. The normalized spacial score (nSPS) is 10.9. The number of nitrogens with zero attached hydrogens (tertiary/aromatic N) is 2. The lowest BCUT2D eigenvalue weighted by molar-refractivity contribution is -0.121. The van der Waals surface area contributed by atoms with E-state index in [0.717, 1.165) is 45.0 Å². The largest absolute Gasteiger partial charge is 0.497 e. The average Bonchev–Trinajstić information content (AvgIpc) is 3.29. The molecule has 2 heterocycles. The number of methoxy groups -OCH3 is 1. The molecule has 0 aliphatic heterocycles. The molecule has 5 heteroatoms. The van der Waals surface area contributed by atoms with Crippen molar-refractivity contribution in [3.63, 3.8) is 0 Å². The zero-order valence-corrected chi connectivity index (χ0v) is 20.6. The molecular weight excluding hydrogens is 446 g/mol. The highest BCUT2D eigenvalue weighted by atomic mass is 16.5. The number of aromatic nitrogens is 2. The summed E-state index contributed by atoms with van der Waals surface area (Å²) in [6.07, 6.45) is 3.05. The van der Waals surface area contributed by atoms with Crippen molar-refractivity contribution in [1.29, 1.82) is 0 Å². The fourth-order valence-corrected chi connectivity index (χ4v) is 4.45. The van der Waals surface area contributed by atoms with E-state index >= 15 is 0 Å². The Morgan fingerprint density at radius 1 is 0.889 bits per heavy atom. The number of benzene rings is 3. The topological polar surface area (TPSA) is 55.6 Å². The molecule has 0 spiro atoms. The monoisotopic (exact) mass is 475 g/mol. The van der Waals surface area contributed by atoms with Crippen LogP contribution in [-0.4, -0.2) is 22.4 Å². The summed E-state index contributed by atoms with van der Waals surface area (Å²) in [5.41, 5.74) is 8.24. The molecular formula is C31H29N3O2. The van der Waals surface area contributed by atoms with Crippen LogP contribution in [0.5, 0.6) is 5.75 Å². The molecule has 5 rings (SSSR count). The SMILES string of the molecule is COc1cccc(-c2nc3ccc(-c4cccc(C)c4)cn3c2CCC(=O)NCc2ccccc2)c1. The van der Waals surface area contributed by atoms with Crippen molar-refractivity contribution in [2.45, 2.75) is 26.3 Å². The number of ether oxygens (including phenoxy) is 1. The van der Waals surface area contributed by atoms with Crippen molar-refractivity contribution in [1.82, 2.24) is 14.7 Å². The maximum absolute atomic E-state index is 12.8. The van der Waals surface area contributed by atoms with E-state index in [2.05, 4.69) is 53.2 Å². The molecule has 2 aromatic heterocycles. The number of aryl methyl sites for hydroxylation is 2. The third kappa shape index (κ3) is 5.15. The first-order valence-corrected chi connectivity index (χ1v) is 12.1. The Bertz CT molecular complexity index is 1510. The number of carbonyl (C=O) groups excluding carboxylic acids is 1. The van der Waals surface area contributed by atoms with Crippen molar-refractivity contribution < 1.29 is 9.53 Å². The Morgan fingerprint density at radius 3 is 2.50 bits per heavy atom. The summed E-state index contributed by atoms with van der Waals surface area (Å²) in [5.74, 6) is 0.789. The maximum Gasteiger partial charge on any atom is 0.220 e. The fraction of sp³-hybridized carbons (Fsp3) is 0.161. The molecule has 1 N–H and O–H groups in total. The van der Waals surface area contributed by atoms with Gasteiger partial charge >= 0.3 is 0 Å². The lowest BCUT2D eigenvalue weighted by atomic mass is 10.0. The van der Waals surface area contributed by atoms with Crippen molar-refractivity contribution in [2.75, 3.05) is 7.11 Å². The Balaban J connectivity index is 1.48. The highest BCUT2D eigenvalue weighted by Crippen LogP contribution is 2.30. The van der Waals surface area contributed by atoms with E-state index in [4.69, 9.17) is 9.72 Å². The smallest absolute Gasteiger partial charge is 0.220 e. The summed E-state index contributed by atoms with van der Waals surface area (Å²) in [6, 6.07) is 30.5. The van der Waals surface area contributed by atoms with Gasteiger partial charge in [-0.05, 0) is 54.3 Å². The first-order valence-electron chi connectivity index (χ1n) is 12.1. The lowest BCUT2D eigenvalue weighted by Crippen LogP contribution is -2.23. The fourth-order valence-electron chi connectivity index (χ4n) is 4.45. The van der Waals surface area contributed by atoms with Gasteiger partial charge in [-0.3, -0.25) is 4.79 Å². The van der Waals surface area contributed by atoms with Crippen LogP contribution in [0.15, 0.2) is 97.2 Å². The van der Waals surface area contributed by atoms with Crippen molar-refractivity contribution in [3.8, 4) is 28.1 Å². The minimum absolute atomic E-state index is 0.0141. The second kappa shape index (κ2) is 10.5. The second-order valence-corrected chi connectivity index (χ2v) is 8.92. The third-order valence-electron chi connectivity index (χ3n) is 6.33. The van der Waals surface area contributed by atoms with Crippen molar-refractivity contribution in [2.24, 2.45) is 0 Å². The second-order valence-electron chi connectivity index (χ2n) is 8.92. The van der Waals surface area contributed by atoms with Gasteiger partial charge in [-0.1, -0.05) is 72.3 Å². The van der Waals surface area contributed by atoms with Gasteiger partial charge in [-0.15, -0.1) is 0 Å². The first-order chi connectivity index (χ1) is 17.6. The lowest BCUT2D eigenvalue weighted by Gasteiger charge is -2.09. The molecule has 5 nitrogen and oxygen atoms in total. The van der Waals surface area contributed by atoms with Crippen LogP contribution in [0.4, 0.5) is 0 Å². The third-order valence-corrected chi connectivity index (χ3v) is 6.33. The van der Waals surface area contributed by atoms with Crippen LogP contribution in [0, 0.1) is 6.92 Å². The van der Waals surface area contributed by atoms with Gasteiger partial charge in [0.25, 0.3) is 0 Å². The first kappa shape index (κ1) is 23.4. The van der Waals surface area contributed by atoms with E-state index in [1.807, 2.05) is 60.7 Å². The van der Waals surface area contributed by atoms with Crippen molar-refractivity contribution in [3.05, 3.63) is 114 Å². The van der Waals surface area contributed by atoms with Crippen LogP contribution in [0.1, 0.15) is 23.2 Å². The number of nitrogens with one attached hydrogen (secondary N) is 1. The molecule has 5 aromatic rings. The standard InChI is InChI=1S/C31H29N3O2/c1-22-8-6-11-24(18-22)26-14-16-29-33-31(25-12-7-13-27(19-25)36-2)28(34(29)21-26)15-17-30(35)32-20-23-9-4-3-5-10-23/h3-14,16,18-19,21H,15,17,20H2,1-2H3,(H,32,35). The maximum atomic E-state index is 12.8. The highest BCUT2D eigenvalue weighted by molar-refractivity contribution is 5.77. The van der Waals surface area contributed by atoms with E-state index in [0.29, 0.717) is 19.4 Å². The van der Waals surface area contributed by atoms with E-state index in [1.54, 1.807) is 7.11 Å². The predicted molar refractivity (Wildman–Crippen MR) is 144 cm³/mol. The predicted octanol–water partition coefficient (Wildman–Crippen LogP) is 6.23. The van der Waals surface area contributed by atoms with Gasteiger partial charge in [0.1, 0.15) is 11.4 Å². The molecule has 0 atom stereocenters. The molecule has 1 amide bonds.